The molecule has 1 saturated heterocycles. The number of rotatable bonds is 12. The second-order valence-electron chi connectivity index (χ2n) is 12.7. The van der Waals surface area contributed by atoms with Gasteiger partial charge >= 0.3 is 23.8 Å². The number of aromatic carboxylic acids is 1. The number of piperazine rings is 1. The van der Waals surface area contributed by atoms with Crippen LogP contribution in [0.15, 0.2) is 73.1 Å². The molecule has 17 nitrogen and oxygen atoms in total. The normalized spacial score (nSPS) is 14.4. The molecule has 5 aromatic rings. The second kappa shape index (κ2) is 15.5. The molecule has 6 rings (SSSR count). The number of aromatic nitrogens is 5. The maximum atomic E-state index is 14.1. The first-order chi connectivity index (χ1) is 25.4. The average molecular weight is 743 g/mol. The van der Waals surface area contributed by atoms with Crippen LogP contribution in [0, 0.1) is 5.92 Å². The SMILES string of the molecule is CC(C)C(CO)NC(=O)Nc1ccc(CC(C(=O)Nc2ccc3[nH]c(C(=O)O)cc3c2)N2CCN(c3cc(Cl)ccc3-n3cnnn3)C(=O)C2=O)cc1. The van der Waals surface area contributed by atoms with Crippen LogP contribution < -0.4 is 20.9 Å². The molecule has 18 heteroatoms. The fourth-order valence-electron chi connectivity index (χ4n) is 5.96. The Bertz CT molecular complexity index is 2170. The van der Waals surface area contributed by atoms with E-state index in [1.54, 1.807) is 54.6 Å². The number of hydrogen-bond donors (Lipinski definition) is 6. The number of benzene rings is 3. The predicted molar refractivity (Wildman–Crippen MR) is 194 cm³/mol. The van der Waals surface area contributed by atoms with E-state index in [0.29, 0.717) is 44.2 Å². The second-order valence-corrected chi connectivity index (χ2v) is 13.1. The summed E-state index contributed by atoms with van der Waals surface area (Å²) < 4.78 is 1.34. The van der Waals surface area contributed by atoms with Gasteiger partial charge in [0, 0.05) is 46.8 Å². The highest BCUT2D eigenvalue weighted by Gasteiger charge is 2.40. The maximum absolute atomic E-state index is 14.1. The molecule has 2 unspecified atom stereocenters. The smallest absolute Gasteiger partial charge is 0.352 e. The van der Waals surface area contributed by atoms with Gasteiger partial charge < -0.3 is 40.9 Å². The van der Waals surface area contributed by atoms with E-state index in [2.05, 4.69) is 36.5 Å². The number of carboxylic acid groups (broad SMARTS) is 1. The zero-order valence-corrected chi connectivity index (χ0v) is 29.2. The Kier molecular flexibility index (Phi) is 10.7. The number of aliphatic hydroxyl groups is 1. The maximum Gasteiger partial charge on any atom is 0.352 e. The first kappa shape index (κ1) is 36.5. The number of carbonyl (C=O) groups is 5. The minimum atomic E-state index is -1.16. The van der Waals surface area contributed by atoms with Crippen molar-refractivity contribution in [1.82, 2.24) is 35.4 Å². The summed E-state index contributed by atoms with van der Waals surface area (Å²) in [6.07, 6.45) is 1.34. The number of anilines is 3. The van der Waals surface area contributed by atoms with Crippen LogP contribution in [0.2, 0.25) is 5.02 Å². The molecular weight excluding hydrogens is 708 g/mol. The molecule has 5 amide bonds. The third kappa shape index (κ3) is 8.10. The zero-order chi connectivity index (χ0) is 37.8. The van der Waals surface area contributed by atoms with Gasteiger partial charge in [0.25, 0.3) is 0 Å². The number of tetrazole rings is 1. The molecule has 53 heavy (non-hydrogen) atoms. The molecule has 0 radical (unpaired) electrons. The molecule has 2 atom stereocenters. The summed E-state index contributed by atoms with van der Waals surface area (Å²) in [7, 11) is 0. The molecule has 0 aliphatic carbocycles. The Balaban J connectivity index is 1.25. The van der Waals surface area contributed by atoms with Gasteiger partial charge in [-0.2, -0.15) is 4.68 Å². The van der Waals surface area contributed by atoms with E-state index in [9.17, 15) is 34.2 Å². The lowest BCUT2D eigenvalue weighted by Crippen LogP contribution is -2.60. The molecule has 1 fully saturated rings. The van der Waals surface area contributed by atoms with Crippen molar-refractivity contribution in [2.24, 2.45) is 5.92 Å². The molecule has 2 aromatic heterocycles. The minimum Gasteiger partial charge on any atom is -0.477 e. The fraction of sp³-hybridized carbons (Fsp3) is 0.257. The van der Waals surface area contributed by atoms with E-state index in [0.717, 1.165) is 0 Å². The molecule has 6 N–H and O–H groups in total. The fourth-order valence-corrected chi connectivity index (χ4v) is 6.12. The summed E-state index contributed by atoms with van der Waals surface area (Å²) in [5.41, 5.74) is 2.66. The van der Waals surface area contributed by atoms with E-state index in [1.165, 1.54) is 32.9 Å². The van der Waals surface area contributed by atoms with Crippen molar-refractivity contribution in [2.45, 2.75) is 32.4 Å². The Morgan fingerprint density at radius 2 is 1.68 bits per heavy atom. The molecular formula is C35H35ClN10O7. The number of halogens is 1. The minimum absolute atomic E-state index is 0.000131. The van der Waals surface area contributed by atoms with Gasteiger partial charge in [0.2, 0.25) is 5.91 Å². The average Bonchev–Trinajstić information content (AvgIpc) is 3.82. The van der Waals surface area contributed by atoms with Gasteiger partial charge in [-0.15, -0.1) is 5.10 Å². The first-order valence-electron chi connectivity index (χ1n) is 16.5. The Morgan fingerprint density at radius 1 is 0.925 bits per heavy atom. The number of fused-ring (bicyclic) bond motifs is 1. The van der Waals surface area contributed by atoms with Crippen molar-refractivity contribution in [3.8, 4) is 5.69 Å². The number of amides is 5. The lowest BCUT2D eigenvalue weighted by Gasteiger charge is -2.38. The third-order valence-electron chi connectivity index (χ3n) is 8.83. The highest BCUT2D eigenvalue weighted by Crippen LogP contribution is 2.30. The quantitative estimate of drug-likeness (QED) is 0.102. The van der Waals surface area contributed by atoms with Crippen LogP contribution in [0.25, 0.3) is 16.6 Å². The van der Waals surface area contributed by atoms with Crippen molar-refractivity contribution in [1.29, 1.82) is 0 Å². The molecule has 0 saturated carbocycles. The van der Waals surface area contributed by atoms with Gasteiger partial charge in [0.1, 0.15) is 18.1 Å². The van der Waals surface area contributed by atoms with E-state index in [1.807, 2.05) is 13.8 Å². The molecule has 1 aliphatic rings. The van der Waals surface area contributed by atoms with Crippen LogP contribution in [-0.4, -0.2) is 102 Å². The number of hydrogen-bond acceptors (Lipinski definition) is 9. The van der Waals surface area contributed by atoms with Crippen LogP contribution in [0.5, 0.6) is 0 Å². The van der Waals surface area contributed by atoms with E-state index >= 15 is 0 Å². The number of aromatic amines is 1. The van der Waals surface area contributed by atoms with Crippen LogP contribution in [0.1, 0.15) is 29.9 Å². The number of urea groups is 1. The molecule has 0 spiro atoms. The van der Waals surface area contributed by atoms with E-state index in [4.69, 9.17) is 11.6 Å². The summed E-state index contributed by atoms with van der Waals surface area (Å²) in [5.74, 6) is -3.53. The molecule has 1 aliphatic heterocycles. The molecule has 0 bridgehead atoms. The van der Waals surface area contributed by atoms with Crippen molar-refractivity contribution in [3.05, 3.63) is 89.3 Å². The van der Waals surface area contributed by atoms with Gasteiger partial charge in [-0.1, -0.05) is 37.6 Å². The first-order valence-corrected chi connectivity index (χ1v) is 16.9. The number of H-pyrrole nitrogens is 1. The van der Waals surface area contributed by atoms with E-state index in [-0.39, 0.29) is 37.7 Å². The number of carboxylic acids is 1. The van der Waals surface area contributed by atoms with Crippen molar-refractivity contribution in [2.75, 3.05) is 35.2 Å². The third-order valence-corrected chi connectivity index (χ3v) is 9.07. The molecule has 274 valence electrons. The number of nitrogens with one attached hydrogen (secondary N) is 4. The van der Waals surface area contributed by atoms with E-state index < -0.39 is 41.8 Å². The highest BCUT2D eigenvalue weighted by molar-refractivity contribution is 6.41. The van der Waals surface area contributed by atoms with Crippen LogP contribution >= 0.6 is 11.6 Å². The summed E-state index contributed by atoms with van der Waals surface area (Å²) >= 11 is 6.29. The van der Waals surface area contributed by atoms with Crippen LogP contribution in [-0.2, 0) is 20.8 Å². The van der Waals surface area contributed by atoms with Crippen LogP contribution in [0.3, 0.4) is 0 Å². The number of nitrogens with zero attached hydrogens (tertiary/aromatic N) is 6. The number of carbonyl (C=O) groups excluding carboxylic acids is 4. The standard InChI is InChI=1S/C35H35ClN10O7/c1-19(2)27(17-47)41-35(53)39-23-6-3-20(4-7-23)13-30(31(48)38-24-8-9-25-21(14-24)15-26(40-25)34(51)52)45-12-11-44(32(49)33(45)50)29-16-22(36)5-10-28(29)46-18-37-42-43-46/h3-10,14-16,18-19,27,30,40,47H,11-13,17H2,1-2H3,(H,38,48)(H,51,52)(H2,39,41,53). The summed E-state index contributed by atoms with van der Waals surface area (Å²) in [5, 5.41) is 39.3. The summed E-state index contributed by atoms with van der Waals surface area (Å²) in [6.45, 7) is 3.52. The summed E-state index contributed by atoms with van der Waals surface area (Å²) in [4.78, 5) is 71.0. The van der Waals surface area contributed by atoms with Crippen LogP contribution in [0.4, 0.5) is 21.9 Å². The van der Waals surface area contributed by atoms with Gasteiger partial charge in [-0.25, -0.2) is 9.59 Å². The van der Waals surface area contributed by atoms with Crippen molar-refractivity contribution >= 4 is 69.3 Å². The Morgan fingerprint density at radius 3 is 2.36 bits per heavy atom. The van der Waals surface area contributed by atoms with Gasteiger partial charge in [-0.05, 0) is 76.5 Å². The van der Waals surface area contributed by atoms with Crippen molar-refractivity contribution < 1.29 is 34.2 Å². The zero-order valence-electron chi connectivity index (χ0n) is 28.5. The Labute approximate surface area is 306 Å². The highest BCUT2D eigenvalue weighted by atomic mass is 35.5. The van der Waals surface area contributed by atoms with Gasteiger partial charge in [0.15, 0.2) is 0 Å². The monoisotopic (exact) mass is 742 g/mol. The van der Waals surface area contributed by atoms with Crippen molar-refractivity contribution in [3.63, 3.8) is 0 Å². The topological polar surface area (TPSA) is 228 Å². The molecule has 3 heterocycles. The Hall–Kier alpha value is -6.33. The lowest BCUT2D eigenvalue weighted by atomic mass is 10.0. The molecule has 3 aromatic carbocycles. The summed E-state index contributed by atoms with van der Waals surface area (Å²) in [6, 6.07) is 15.6. The largest absolute Gasteiger partial charge is 0.477 e. The predicted octanol–water partition coefficient (Wildman–Crippen LogP) is 3.06. The van der Waals surface area contributed by atoms with Gasteiger partial charge in [-0.3, -0.25) is 14.4 Å². The number of aliphatic hydroxyl groups excluding tert-OH is 1. The lowest BCUT2D eigenvalue weighted by molar-refractivity contribution is -0.149. The van der Waals surface area contributed by atoms with Gasteiger partial charge in [0.05, 0.1) is 24.0 Å².